The van der Waals surface area contributed by atoms with Crippen molar-refractivity contribution < 1.29 is 18.3 Å². The van der Waals surface area contributed by atoms with Crippen molar-refractivity contribution in [3.05, 3.63) is 29.8 Å². The van der Waals surface area contributed by atoms with Crippen molar-refractivity contribution in [1.82, 2.24) is 10.6 Å². The predicted octanol–water partition coefficient (Wildman–Crippen LogP) is 1.70. The molecule has 0 bridgehead atoms. The molecule has 0 radical (unpaired) electrons. The molecule has 6 heteroatoms. The van der Waals surface area contributed by atoms with Crippen LogP contribution in [0, 0.1) is 0 Å². The second-order valence-corrected chi connectivity index (χ2v) is 4.77. The quantitative estimate of drug-likeness (QED) is 0.865. The highest BCUT2D eigenvalue weighted by atomic mass is 19.3. The zero-order valence-electron chi connectivity index (χ0n) is 11.1. The van der Waals surface area contributed by atoms with Crippen molar-refractivity contribution >= 4 is 5.91 Å². The second-order valence-electron chi connectivity index (χ2n) is 4.77. The normalized spacial score (nSPS) is 18.9. The zero-order valence-corrected chi connectivity index (χ0v) is 11.1. The Morgan fingerprint density at radius 1 is 1.45 bits per heavy atom. The lowest BCUT2D eigenvalue weighted by molar-refractivity contribution is -0.121. The van der Waals surface area contributed by atoms with Crippen LogP contribution in [0.25, 0.3) is 0 Å². The third-order valence-corrected chi connectivity index (χ3v) is 3.20. The summed E-state index contributed by atoms with van der Waals surface area (Å²) in [6.45, 7) is -1.17. The number of nitrogens with one attached hydrogen (secondary N) is 2. The van der Waals surface area contributed by atoms with Crippen molar-refractivity contribution in [2.45, 2.75) is 31.9 Å². The maximum absolute atomic E-state index is 12.3. The van der Waals surface area contributed by atoms with Gasteiger partial charge in [-0.1, -0.05) is 18.2 Å². The van der Waals surface area contributed by atoms with Gasteiger partial charge in [-0.25, -0.2) is 0 Å². The Bertz CT molecular complexity index is 449. The SMILES string of the molecule is O=C(Cc1ccccc1OC(F)F)NC1CCCNC1. The van der Waals surface area contributed by atoms with Gasteiger partial charge >= 0.3 is 6.61 Å². The molecule has 2 rings (SSSR count). The van der Waals surface area contributed by atoms with Gasteiger partial charge in [-0.3, -0.25) is 4.79 Å². The molecule has 1 aromatic rings. The molecule has 1 fully saturated rings. The molecule has 1 aromatic carbocycles. The summed E-state index contributed by atoms with van der Waals surface area (Å²) in [7, 11) is 0. The maximum atomic E-state index is 12.3. The molecule has 1 saturated heterocycles. The number of carbonyl (C=O) groups excluding carboxylic acids is 1. The number of hydrogen-bond donors (Lipinski definition) is 2. The number of rotatable bonds is 5. The van der Waals surface area contributed by atoms with Crippen LogP contribution in [0.5, 0.6) is 5.75 Å². The molecule has 1 unspecified atom stereocenters. The van der Waals surface area contributed by atoms with E-state index >= 15 is 0 Å². The van der Waals surface area contributed by atoms with Gasteiger partial charge in [0.1, 0.15) is 5.75 Å². The standard InChI is InChI=1S/C14H18F2N2O2/c15-14(16)20-12-6-2-1-4-10(12)8-13(19)18-11-5-3-7-17-9-11/h1-2,4,6,11,14,17H,3,5,7-9H2,(H,18,19). The summed E-state index contributed by atoms with van der Waals surface area (Å²) in [5, 5.41) is 6.11. The van der Waals surface area contributed by atoms with Gasteiger partial charge in [0.15, 0.2) is 0 Å². The fraction of sp³-hybridized carbons (Fsp3) is 0.500. The van der Waals surface area contributed by atoms with Gasteiger partial charge in [-0.05, 0) is 25.5 Å². The van der Waals surface area contributed by atoms with E-state index in [1.165, 1.54) is 6.07 Å². The van der Waals surface area contributed by atoms with Crippen LogP contribution >= 0.6 is 0 Å². The molecule has 0 aliphatic carbocycles. The summed E-state index contributed by atoms with van der Waals surface area (Å²) in [4.78, 5) is 11.9. The van der Waals surface area contributed by atoms with Crippen LogP contribution in [0.15, 0.2) is 24.3 Å². The lowest BCUT2D eigenvalue weighted by Gasteiger charge is -2.24. The molecule has 1 aliphatic rings. The Hall–Kier alpha value is -1.69. The first kappa shape index (κ1) is 14.7. The number of hydrogen-bond acceptors (Lipinski definition) is 3. The van der Waals surface area contributed by atoms with Gasteiger partial charge in [-0.15, -0.1) is 0 Å². The van der Waals surface area contributed by atoms with Crippen molar-refractivity contribution in [2.75, 3.05) is 13.1 Å². The van der Waals surface area contributed by atoms with Crippen LogP contribution in [0.3, 0.4) is 0 Å². The van der Waals surface area contributed by atoms with Crippen LogP contribution in [-0.4, -0.2) is 31.7 Å². The fourth-order valence-corrected chi connectivity index (χ4v) is 2.29. The first-order valence-corrected chi connectivity index (χ1v) is 6.68. The predicted molar refractivity (Wildman–Crippen MR) is 70.8 cm³/mol. The van der Waals surface area contributed by atoms with E-state index in [9.17, 15) is 13.6 Å². The average molecular weight is 284 g/mol. The molecule has 0 spiro atoms. The number of carbonyl (C=O) groups is 1. The second kappa shape index (κ2) is 7.19. The average Bonchev–Trinajstić information content (AvgIpc) is 2.41. The smallest absolute Gasteiger partial charge is 0.387 e. The number of alkyl halides is 2. The van der Waals surface area contributed by atoms with Crippen molar-refractivity contribution in [3.8, 4) is 5.75 Å². The summed E-state index contributed by atoms with van der Waals surface area (Å²) < 4.78 is 29.0. The molecular formula is C14H18F2N2O2. The van der Waals surface area contributed by atoms with E-state index < -0.39 is 6.61 Å². The first-order valence-electron chi connectivity index (χ1n) is 6.68. The minimum absolute atomic E-state index is 0.0411. The minimum atomic E-state index is -2.89. The molecule has 20 heavy (non-hydrogen) atoms. The molecule has 2 N–H and O–H groups in total. The first-order chi connectivity index (χ1) is 9.65. The lowest BCUT2D eigenvalue weighted by Crippen LogP contribution is -2.46. The third kappa shape index (κ3) is 4.45. The summed E-state index contributed by atoms with van der Waals surface area (Å²) in [5.74, 6) is -0.122. The molecule has 1 heterocycles. The molecule has 0 saturated carbocycles. The van der Waals surface area contributed by atoms with Crippen molar-refractivity contribution in [2.24, 2.45) is 0 Å². The van der Waals surface area contributed by atoms with Crippen LogP contribution in [-0.2, 0) is 11.2 Å². The Balaban J connectivity index is 1.93. The van der Waals surface area contributed by atoms with E-state index in [1.807, 2.05) is 0 Å². The van der Waals surface area contributed by atoms with Crippen LogP contribution in [0.1, 0.15) is 18.4 Å². The van der Waals surface area contributed by atoms with Crippen LogP contribution in [0.4, 0.5) is 8.78 Å². The van der Waals surface area contributed by atoms with E-state index in [0.29, 0.717) is 5.56 Å². The number of halogens is 2. The molecule has 110 valence electrons. The highest BCUT2D eigenvalue weighted by Crippen LogP contribution is 2.20. The van der Waals surface area contributed by atoms with Gasteiger partial charge in [0.25, 0.3) is 0 Å². The van der Waals surface area contributed by atoms with Gasteiger partial charge < -0.3 is 15.4 Å². The van der Waals surface area contributed by atoms with Crippen molar-refractivity contribution in [3.63, 3.8) is 0 Å². The van der Waals surface area contributed by atoms with E-state index in [2.05, 4.69) is 15.4 Å². The zero-order chi connectivity index (χ0) is 14.4. The number of benzene rings is 1. The van der Waals surface area contributed by atoms with E-state index in [0.717, 1.165) is 25.9 Å². The topological polar surface area (TPSA) is 50.4 Å². The maximum Gasteiger partial charge on any atom is 0.387 e. The van der Waals surface area contributed by atoms with Gasteiger partial charge in [0.05, 0.1) is 6.42 Å². The lowest BCUT2D eigenvalue weighted by atomic mass is 10.1. The number of para-hydroxylation sites is 1. The number of ether oxygens (including phenoxy) is 1. The Morgan fingerprint density at radius 3 is 2.95 bits per heavy atom. The fourth-order valence-electron chi connectivity index (χ4n) is 2.29. The van der Waals surface area contributed by atoms with E-state index in [4.69, 9.17) is 0 Å². The van der Waals surface area contributed by atoms with Gasteiger partial charge in [0, 0.05) is 18.2 Å². The van der Waals surface area contributed by atoms with Gasteiger partial charge in [0.2, 0.25) is 5.91 Å². The molecule has 1 amide bonds. The number of amides is 1. The molecule has 4 nitrogen and oxygen atoms in total. The molecule has 1 atom stereocenters. The largest absolute Gasteiger partial charge is 0.435 e. The van der Waals surface area contributed by atoms with E-state index in [-0.39, 0.29) is 24.1 Å². The minimum Gasteiger partial charge on any atom is -0.435 e. The van der Waals surface area contributed by atoms with Gasteiger partial charge in [-0.2, -0.15) is 8.78 Å². The van der Waals surface area contributed by atoms with Crippen molar-refractivity contribution in [1.29, 1.82) is 0 Å². The molecule has 1 aliphatic heterocycles. The highest BCUT2D eigenvalue weighted by molar-refractivity contribution is 5.79. The monoisotopic (exact) mass is 284 g/mol. The summed E-state index contributed by atoms with van der Waals surface area (Å²) >= 11 is 0. The Kier molecular flexibility index (Phi) is 5.29. The van der Waals surface area contributed by atoms with Crippen LogP contribution in [0.2, 0.25) is 0 Å². The van der Waals surface area contributed by atoms with Crippen LogP contribution < -0.4 is 15.4 Å². The Labute approximate surface area is 116 Å². The molecule has 0 aromatic heterocycles. The number of piperidine rings is 1. The van der Waals surface area contributed by atoms with E-state index in [1.54, 1.807) is 18.2 Å². The summed E-state index contributed by atoms with van der Waals surface area (Å²) in [5.41, 5.74) is 0.467. The third-order valence-electron chi connectivity index (χ3n) is 3.20. The highest BCUT2D eigenvalue weighted by Gasteiger charge is 2.17. The summed E-state index contributed by atoms with van der Waals surface area (Å²) in [6.07, 6.45) is 2.00. The Morgan fingerprint density at radius 2 is 2.25 bits per heavy atom. The summed E-state index contributed by atoms with van der Waals surface area (Å²) in [6, 6.07) is 6.47. The molecular weight excluding hydrogens is 266 g/mol.